The quantitative estimate of drug-likeness (QED) is 0.668. The van der Waals surface area contributed by atoms with E-state index < -0.39 is 10.2 Å². The maximum atomic E-state index is 12.2. The summed E-state index contributed by atoms with van der Waals surface area (Å²) in [6.45, 7) is 3.63. The highest BCUT2D eigenvalue weighted by Crippen LogP contribution is 2.19. The van der Waals surface area contributed by atoms with Crippen molar-refractivity contribution in [1.29, 1.82) is 0 Å². The van der Waals surface area contributed by atoms with Crippen molar-refractivity contribution < 1.29 is 13.2 Å². The van der Waals surface area contributed by atoms with Gasteiger partial charge in [-0.25, -0.2) is 14.8 Å². The lowest BCUT2D eigenvalue weighted by atomic mass is 9.97. The van der Waals surface area contributed by atoms with E-state index in [1.165, 1.54) is 11.3 Å². The van der Waals surface area contributed by atoms with E-state index in [1.54, 1.807) is 11.6 Å². The molecule has 2 rings (SSSR count). The molecule has 4 N–H and O–H groups in total. The molecule has 1 saturated heterocycles. The van der Waals surface area contributed by atoms with Gasteiger partial charge in [0.15, 0.2) is 5.13 Å². The van der Waals surface area contributed by atoms with Gasteiger partial charge in [-0.2, -0.15) is 8.42 Å². The van der Waals surface area contributed by atoms with Crippen LogP contribution in [0.4, 0.5) is 5.13 Å². The summed E-state index contributed by atoms with van der Waals surface area (Å²) in [5.74, 6) is 0.0530. The summed E-state index contributed by atoms with van der Waals surface area (Å²) < 4.78 is 24.2. The van der Waals surface area contributed by atoms with Crippen LogP contribution in [0.3, 0.4) is 0 Å². The largest absolute Gasteiger partial charge is 0.301 e. The van der Waals surface area contributed by atoms with E-state index in [0.29, 0.717) is 18.2 Å². The summed E-state index contributed by atoms with van der Waals surface area (Å²) in [7, 11) is -3.67. The Balaban J connectivity index is 1.86. The number of anilines is 1. The monoisotopic (exact) mass is 347 g/mol. The second kappa shape index (κ2) is 7.47. The van der Waals surface area contributed by atoms with Gasteiger partial charge in [-0.05, 0) is 32.2 Å². The standard InChI is InChI=1S/C12H21N5O3S2/c1-9(11(18)16-12-14-4-6-21-12)17-5-2-3-10(8-17)7-15-22(13,19)20/h4,6,9-10,15H,2-3,5,7-8H2,1H3,(H2,13,19,20)(H,14,16,18). The van der Waals surface area contributed by atoms with Gasteiger partial charge in [-0.15, -0.1) is 11.3 Å². The predicted octanol–water partition coefficient (Wildman–Crippen LogP) is -0.0248. The maximum Gasteiger partial charge on any atom is 0.274 e. The number of nitrogens with one attached hydrogen (secondary N) is 2. The molecule has 22 heavy (non-hydrogen) atoms. The van der Waals surface area contributed by atoms with E-state index in [-0.39, 0.29) is 17.9 Å². The molecule has 124 valence electrons. The number of hydrogen-bond donors (Lipinski definition) is 3. The average Bonchev–Trinajstić information content (AvgIpc) is 2.97. The van der Waals surface area contributed by atoms with E-state index in [9.17, 15) is 13.2 Å². The molecule has 2 unspecified atom stereocenters. The number of likely N-dealkylation sites (tertiary alicyclic amines) is 1. The highest BCUT2D eigenvalue weighted by molar-refractivity contribution is 7.87. The molecule has 1 aromatic rings. The Hall–Kier alpha value is -1.07. The van der Waals surface area contributed by atoms with E-state index in [2.05, 4.69) is 19.9 Å². The Morgan fingerprint density at radius 2 is 2.41 bits per heavy atom. The number of piperidine rings is 1. The molecular formula is C12H21N5O3S2. The van der Waals surface area contributed by atoms with Gasteiger partial charge < -0.3 is 5.32 Å². The van der Waals surface area contributed by atoms with Gasteiger partial charge in [-0.1, -0.05) is 0 Å². The van der Waals surface area contributed by atoms with Crippen LogP contribution >= 0.6 is 11.3 Å². The Kier molecular flexibility index (Phi) is 5.87. The molecule has 1 amide bonds. The van der Waals surface area contributed by atoms with Crippen LogP contribution in [0.25, 0.3) is 0 Å². The second-order valence-corrected chi connectivity index (χ2v) is 7.67. The van der Waals surface area contributed by atoms with Gasteiger partial charge in [0, 0.05) is 24.7 Å². The molecule has 8 nitrogen and oxygen atoms in total. The third-order valence-electron chi connectivity index (χ3n) is 3.71. The number of carbonyl (C=O) groups excluding carboxylic acids is 1. The van der Waals surface area contributed by atoms with Crippen molar-refractivity contribution in [3.8, 4) is 0 Å². The lowest BCUT2D eigenvalue weighted by molar-refractivity contribution is -0.121. The zero-order valence-electron chi connectivity index (χ0n) is 12.4. The molecule has 1 aromatic heterocycles. The molecule has 0 aliphatic carbocycles. The SMILES string of the molecule is CC(C(=O)Nc1nccs1)N1CCCC(CNS(N)(=O)=O)C1. The lowest BCUT2D eigenvalue weighted by Gasteiger charge is -2.35. The average molecular weight is 347 g/mol. The van der Waals surface area contributed by atoms with Crippen molar-refractivity contribution >= 4 is 32.6 Å². The smallest absolute Gasteiger partial charge is 0.274 e. The van der Waals surface area contributed by atoms with E-state index in [4.69, 9.17) is 5.14 Å². The molecule has 0 saturated carbocycles. The number of nitrogens with zero attached hydrogens (tertiary/aromatic N) is 2. The van der Waals surface area contributed by atoms with Crippen molar-refractivity contribution in [2.75, 3.05) is 25.0 Å². The number of hydrogen-bond acceptors (Lipinski definition) is 6. The fraction of sp³-hybridized carbons (Fsp3) is 0.667. The minimum absolute atomic E-state index is 0.102. The molecule has 2 heterocycles. The summed E-state index contributed by atoms with van der Waals surface area (Å²) in [5, 5.41) is 10.1. The van der Waals surface area contributed by atoms with Crippen LogP contribution in [-0.2, 0) is 15.0 Å². The van der Waals surface area contributed by atoms with Gasteiger partial charge in [0.2, 0.25) is 5.91 Å². The zero-order chi connectivity index (χ0) is 16.2. The summed E-state index contributed by atoms with van der Waals surface area (Å²) in [4.78, 5) is 18.3. The number of thiazole rings is 1. The minimum Gasteiger partial charge on any atom is -0.301 e. The second-order valence-electron chi connectivity index (χ2n) is 5.40. The predicted molar refractivity (Wildman–Crippen MR) is 85.6 cm³/mol. The van der Waals surface area contributed by atoms with Crippen LogP contribution in [0.1, 0.15) is 19.8 Å². The van der Waals surface area contributed by atoms with Crippen LogP contribution in [0.15, 0.2) is 11.6 Å². The topological polar surface area (TPSA) is 117 Å². The first-order valence-electron chi connectivity index (χ1n) is 7.07. The molecule has 1 aliphatic rings. The highest BCUT2D eigenvalue weighted by atomic mass is 32.2. The fourth-order valence-electron chi connectivity index (χ4n) is 2.51. The molecule has 1 aliphatic heterocycles. The third kappa shape index (κ3) is 5.29. The summed E-state index contributed by atoms with van der Waals surface area (Å²) in [5.41, 5.74) is 0. The highest BCUT2D eigenvalue weighted by Gasteiger charge is 2.28. The molecule has 0 radical (unpaired) electrons. The first-order chi connectivity index (χ1) is 10.3. The summed E-state index contributed by atoms with van der Waals surface area (Å²) >= 11 is 1.37. The van der Waals surface area contributed by atoms with Gasteiger partial charge in [-0.3, -0.25) is 9.69 Å². The van der Waals surface area contributed by atoms with Gasteiger partial charge in [0.05, 0.1) is 6.04 Å². The molecule has 0 spiro atoms. The van der Waals surface area contributed by atoms with Crippen LogP contribution < -0.4 is 15.2 Å². The first-order valence-corrected chi connectivity index (χ1v) is 9.49. The maximum absolute atomic E-state index is 12.2. The van der Waals surface area contributed by atoms with Gasteiger partial charge in [0.25, 0.3) is 10.2 Å². The molecule has 2 atom stereocenters. The van der Waals surface area contributed by atoms with Crippen LogP contribution in [0, 0.1) is 5.92 Å². The molecule has 0 aromatic carbocycles. The number of amides is 1. The molecular weight excluding hydrogens is 326 g/mol. The van der Waals surface area contributed by atoms with Crippen molar-refractivity contribution in [3.63, 3.8) is 0 Å². The van der Waals surface area contributed by atoms with E-state index >= 15 is 0 Å². The Morgan fingerprint density at radius 3 is 3.05 bits per heavy atom. The molecule has 10 heteroatoms. The number of nitrogens with two attached hydrogens (primary N) is 1. The first kappa shape index (κ1) is 17.3. The van der Waals surface area contributed by atoms with Gasteiger partial charge in [0.1, 0.15) is 0 Å². The minimum atomic E-state index is -3.67. The number of aromatic nitrogens is 1. The van der Waals surface area contributed by atoms with Crippen molar-refractivity contribution in [2.24, 2.45) is 11.1 Å². The fourth-order valence-corrected chi connectivity index (χ4v) is 3.51. The molecule has 1 fully saturated rings. The van der Waals surface area contributed by atoms with E-state index in [0.717, 1.165) is 19.4 Å². The van der Waals surface area contributed by atoms with Crippen LogP contribution in [-0.4, -0.2) is 49.9 Å². The zero-order valence-corrected chi connectivity index (χ0v) is 14.0. The number of carbonyl (C=O) groups is 1. The van der Waals surface area contributed by atoms with Crippen molar-refractivity contribution in [1.82, 2.24) is 14.6 Å². The van der Waals surface area contributed by atoms with Gasteiger partial charge >= 0.3 is 0 Å². The lowest BCUT2D eigenvalue weighted by Crippen LogP contribution is -2.49. The summed E-state index contributed by atoms with van der Waals surface area (Å²) in [6.07, 6.45) is 3.48. The van der Waals surface area contributed by atoms with E-state index in [1.807, 2.05) is 6.92 Å². The van der Waals surface area contributed by atoms with Crippen molar-refractivity contribution in [3.05, 3.63) is 11.6 Å². The Morgan fingerprint density at radius 1 is 1.64 bits per heavy atom. The Bertz CT molecular complexity index is 590. The normalized spacial score (nSPS) is 21.5. The number of rotatable bonds is 6. The third-order valence-corrected chi connectivity index (χ3v) is 4.97. The summed E-state index contributed by atoms with van der Waals surface area (Å²) in [6, 6.07) is -0.291. The van der Waals surface area contributed by atoms with Crippen LogP contribution in [0.2, 0.25) is 0 Å². The van der Waals surface area contributed by atoms with Crippen LogP contribution in [0.5, 0.6) is 0 Å². The Labute approximate surface area is 134 Å². The molecule has 0 bridgehead atoms. The van der Waals surface area contributed by atoms with Crippen molar-refractivity contribution in [2.45, 2.75) is 25.8 Å².